The summed E-state index contributed by atoms with van der Waals surface area (Å²) in [4.78, 5) is 2.26. The van der Waals surface area contributed by atoms with Crippen LogP contribution in [0.4, 0.5) is 4.39 Å². The van der Waals surface area contributed by atoms with Gasteiger partial charge >= 0.3 is 0 Å². The smallest absolute Gasteiger partial charge is 0.128 e. The third-order valence-electron chi connectivity index (χ3n) is 3.08. The van der Waals surface area contributed by atoms with Gasteiger partial charge in [-0.15, -0.1) is 12.4 Å². The summed E-state index contributed by atoms with van der Waals surface area (Å²) in [6.07, 6.45) is 2.01. The maximum atomic E-state index is 13.6. The SMILES string of the molecule is Cl.NC1CCN(Cc2c(F)cccc2Br)CC1. The third kappa shape index (κ3) is 3.91. The number of hydrogen-bond acceptors (Lipinski definition) is 2. The van der Waals surface area contributed by atoms with E-state index in [1.807, 2.05) is 6.07 Å². The molecule has 2 rings (SSSR count). The Balaban J connectivity index is 0.00000144. The largest absolute Gasteiger partial charge is 0.328 e. The van der Waals surface area contributed by atoms with Crippen molar-refractivity contribution < 1.29 is 4.39 Å². The van der Waals surface area contributed by atoms with Crippen molar-refractivity contribution in [1.82, 2.24) is 4.90 Å². The van der Waals surface area contributed by atoms with E-state index >= 15 is 0 Å². The van der Waals surface area contributed by atoms with Crippen LogP contribution in [0.1, 0.15) is 18.4 Å². The van der Waals surface area contributed by atoms with Gasteiger partial charge in [-0.05, 0) is 38.1 Å². The first-order chi connectivity index (χ1) is 7.66. The standard InChI is InChI=1S/C12H16BrFN2.ClH/c13-11-2-1-3-12(14)10(11)8-16-6-4-9(15)5-7-16;/h1-3,9H,4-8,15H2;1H. The number of rotatable bonds is 2. The zero-order valence-corrected chi connectivity index (χ0v) is 11.9. The number of nitrogens with two attached hydrogens (primary N) is 1. The summed E-state index contributed by atoms with van der Waals surface area (Å²) in [5.74, 6) is -0.135. The lowest BCUT2D eigenvalue weighted by Crippen LogP contribution is -2.39. The van der Waals surface area contributed by atoms with Crippen molar-refractivity contribution >= 4 is 28.3 Å². The molecule has 1 aliphatic heterocycles. The van der Waals surface area contributed by atoms with Crippen LogP contribution < -0.4 is 5.73 Å². The van der Waals surface area contributed by atoms with E-state index in [1.54, 1.807) is 6.07 Å². The quantitative estimate of drug-likeness (QED) is 0.907. The van der Waals surface area contributed by atoms with E-state index < -0.39 is 0 Å². The summed E-state index contributed by atoms with van der Waals surface area (Å²) >= 11 is 3.39. The second-order valence-corrected chi connectivity index (χ2v) is 5.17. The lowest BCUT2D eigenvalue weighted by atomic mass is 10.1. The topological polar surface area (TPSA) is 29.3 Å². The molecule has 0 aliphatic carbocycles. The predicted molar refractivity (Wildman–Crippen MR) is 73.8 cm³/mol. The monoisotopic (exact) mass is 322 g/mol. The minimum atomic E-state index is -0.135. The highest BCUT2D eigenvalue weighted by Gasteiger charge is 2.18. The maximum Gasteiger partial charge on any atom is 0.128 e. The fourth-order valence-corrected chi connectivity index (χ4v) is 2.49. The van der Waals surface area contributed by atoms with Crippen LogP contribution in [0.25, 0.3) is 0 Å². The summed E-state index contributed by atoms with van der Waals surface area (Å²) in [5.41, 5.74) is 6.59. The van der Waals surface area contributed by atoms with Crippen LogP contribution >= 0.6 is 28.3 Å². The second kappa shape index (κ2) is 6.69. The van der Waals surface area contributed by atoms with E-state index in [9.17, 15) is 4.39 Å². The number of likely N-dealkylation sites (tertiary alicyclic amines) is 1. The average Bonchev–Trinajstić information content (AvgIpc) is 2.26. The molecule has 0 saturated carbocycles. The number of nitrogens with zero attached hydrogens (tertiary/aromatic N) is 1. The molecule has 1 saturated heterocycles. The average molecular weight is 324 g/mol. The summed E-state index contributed by atoms with van der Waals surface area (Å²) in [7, 11) is 0. The molecule has 1 aromatic rings. The van der Waals surface area contributed by atoms with E-state index in [2.05, 4.69) is 20.8 Å². The Morgan fingerprint density at radius 1 is 1.35 bits per heavy atom. The second-order valence-electron chi connectivity index (χ2n) is 4.31. The number of hydrogen-bond donors (Lipinski definition) is 1. The van der Waals surface area contributed by atoms with E-state index in [-0.39, 0.29) is 18.2 Å². The minimum absolute atomic E-state index is 0. The molecule has 2 nitrogen and oxygen atoms in total. The number of halogens is 3. The highest BCUT2D eigenvalue weighted by atomic mass is 79.9. The Kier molecular flexibility index (Phi) is 5.86. The molecule has 0 bridgehead atoms. The molecule has 17 heavy (non-hydrogen) atoms. The van der Waals surface area contributed by atoms with Gasteiger partial charge < -0.3 is 5.73 Å². The molecule has 0 spiro atoms. The summed E-state index contributed by atoms with van der Waals surface area (Å²) in [6.45, 7) is 2.59. The molecular weight excluding hydrogens is 307 g/mol. The van der Waals surface area contributed by atoms with Crippen molar-refractivity contribution in [2.45, 2.75) is 25.4 Å². The lowest BCUT2D eigenvalue weighted by Gasteiger charge is -2.30. The molecule has 0 amide bonds. The minimum Gasteiger partial charge on any atom is -0.328 e. The fraction of sp³-hybridized carbons (Fsp3) is 0.500. The van der Waals surface area contributed by atoms with Crippen molar-refractivity contribution in [3.05, 3.63) is 34.1 Å². The molecule has 1 heterocycles. The molecule has 0 aromatic heterocycles. The number of piperidine rings is 1. The van der Waals surface area contributed by atoms with Gasteiger partial charge in [-0.2, -0.15) is 0 Å². The van der Waals surface area contributed by atoms with Crippen molar-refractivity contribution in [3.63, 3.8) is 0 Å². The molecule has 96 valence electrons. The Morgan fingerprint density at radius 3 is 2.59 bits per heavy atom. The Hall–Kier alpha value is -0.160. The van der Waals surface area contributed by atoms with Gasteiger partial charge in [0, 0.05) is 22.6 Å². The molecule has 1 aliphatic rings. The number of benzene rings is 1. The van der Waals surface area contributed by atoms with E-state index in [0.29, 0.717) is 12.6 Å². The third-order valence-corrected chi connectivity index (χ3v) is 3.82. The van der Waals surface area contributed by atoms with E-state index in [0.717, 1.165) is 36.0 Å². The lowest BCUT2D eigenvalue weighted by molar-refractivity contribution is 0.203. The first-order valence-corrected chi connectivity index (χ1v) is 6.37. The summed E-state index contributed by atoms with van der Waals surface area (Å²) < 4.78 is 14.5. The van der Waals surface area contributed by atoms with Crippen molar-refractivity contribution in [2.24, 2.45) is 5.73 Å². The molecule has 2 N–H and O–H groups in total. The molecule has 0 radical (unpaired) electrons. The molecule has 1 aromatic carbocycles. The van der Waals surface area contributed by atoms with Gasteiger partial charge in [-0.1, -0.05) is 22.0 Å². The van der Waals surface area contributed by atoms with Gasteiger partial charge in [0.05, 0.1) is 0 Å². The predicted octanol–water partition coefficient (Wildman–Crippen LogP) is 2.93. The van der Waals surface area contributed by atoms with Gasteiger partial charge in [0.25, 0.3) is 0 Å². The van der Waals surface area contributed by atoms with Crippen LogP contribution in [-0.4, -0.2) is 24.0 Å². The van der Waals surface area contributed by atoms with Gasteiger partial charge in [0.2, 0.25) is 0 Å². The van der Waals surface area contributed by atoms with Crippen LogP contribution in [-0.2, 0) is 6.54 Å². The van der Waals surface area contributed by atoms with Crippen LogP contribution in [0.15, 0.2) is 22.7 Å². The maximum absolute atomic E-state index is 13.6. The van der Waals surface area contributed by atoms with E-state index in [4.69, 9.17) is 5.73 Å². The first-order valence-electron chi connectivity index (χ1n) is 5.57. The van der Waals surface area contributed by atoms with Crippen LogP contribution in [0, 0.1) is 5.82 Å². The van der Waals surface area contributed by atoms with E-state index in [1.165, 1.54) is 6.07 Å². The van der Waals surface area contributed by atoms with Crippen LogP contribution in [0.2, 0.25) is 0 Å². The van der Waals surface area contributed by atoms with Crippen LogP contribution in [0.3, 0.4) is 0 Å². The molecule has 1 fully saturated rings. The molecule has 0 unspecified atom stereocenters. The van der Waals surface area contributed by atoms with Crippen molar-refractivity contribution in [2.75, 3.05) is 13.1 Å². The molecule has 0 atom stereocenters. The van der Waals surface area contributed by atoms with Gasteiger partial charge in [-0.3, -0.25) is 4.90 Å². The van der Waals surface area contributed by atoms with Crippen molar-refractivity contribution in [3.8, 4) is 0 Å². The normalized spacial score (nSPS) is 17.8. The zero-order valence-electron chi connectivity index (χ0n) is 9.53. The fourth-order valence-electron chi connectivity index (χ4n) is 2.02. The Labute approximate surface area is 116 Å². The Morgan fingerprint density at radius 2 is 2.00 bits per heavy atom. The summed E-state index contributed by atoms with van der Waals surface area (Å²) in [5, 5.41) is 0. The highest BCUT2D eigenvalue weighted by molar-refractivity contribution is 9.10. The van der Waals surface area contributed by atoms with Gasteiger partial charge in [-0.25, -0.2) is 4.39 Å². The van der Waals surface area contributed by atoms with Gasteiger partial charge in [0.15, 0.2) is 0 Å². The zero-order chi connectivity index (χ0) is 11.5. The Bertz CT molecular complexity index is 347. The van der Waals surface area contributed by atoms with Crippen LogP contribution in [0.5, 0.6) is 0 Å². The highest BCUT2D eigenvalue weighted by Crippen LogP contribution is 2.22. The van der Waals surface area contributed by atoms with Crippen molar-refractivity contribution in [1.29, 1.82) is 0 Å². The molecule has 5 heteroatoms. The molecular formula is C12H17BrClFN2. The summed E-state index contributed by atoms with van der Waals surface area (Å²) in [6, 6.07) is 5.43. The van der Waals surface area contributed by atoms with Gasteiger partial charge in [0.1, 0.15) is 5.82 Å². The first kappa shape index (κ1) is 14.9.